The predicted octanol–water partition coefficient (Wildman–Crippen LogP) is 1.96. The Morgan fingerprint density at radius 1 is 1.44 bits per heavy atom. The van der Waals surface area contributed by atoms with Gasteiger partial charge in [-0.05, 0) is 20.8 Å². The van der Waals surface area contributed by atoms with Gasteiger partial charge in [-0.2, -0.15) is 4.98 Å². The summed E-state index contributed by atoms with van der Waals surface area (Å²) in [6.07, 6.45) is -0.178. The number of rotatable bonds is 8. The van der Waals surface area contributed by atoms with Crippen molar-refractivity contribution in [2.45, 2.75) is 32.6 Å². The monoisotopic (exact) mass is 274 g/mol. The first-order valence-corrected chi connectivity index (χ1v) is 7.00. The molecule has 1 heterocycles. The molecule has 0 bridgehead atoms. The fourth-order valence-corrected chi connectivity index (χ4v) is 1.88. The second-order valence-corrected chi connectivity index (χ2v) is 4.43. The molecule has 1 unspecified atom stereocenters. The van der Waals surface area contributed by atoms with Crippen LogP contribution < -0.4 is 0 Å². The van der Waals surface area contributed by atoms with Gasteiger partial charge in [0.1, 0.15) is 6.10 Å². The minimum atomic E-state index is -0.232. The number of esters is 1. The average Bonchev–Trinajstić information content (AvgIpc) is 2.78. The normalized spacial score (nSPS) is 12.4. The summed E-state index contributed by atoms with van der Waals surface area (Å²) in [5.74, 6) is 1.57. The van der Waals surface area contributed by atoms with E-state index in [9.17, 15) is 4.79 Å². The van der Waals surface area contributed by atoms with E-state index in [4.69, 9.17) is 14.0 Å². The molecule has 18 heavy (non-hydrogen) atoms. The highest BCUT2D eigenvalue weighted by Gasteiger charge is 2.14. The van der Waals surface area contributed by atoms with Gasteiger partial charge in [-0.1, -0.05) is 5.16 Å². The molecule has 1 aromatic rings. The van der Waals surface area contributed by atoms with Gasteiger partial charge in [-0.3, -0.25) is 4.79 Å². The van der Waals surface area contributed by atoms with Crippen molar-refractivity contribution in [2.75, 3.05) is 19.0 Å². The van der Waals surface area contributed by atoms with Crippen molar-refractivity contribution in [3.8, 4) is 0 Å². The fraction of sp³-hybridized carbons (Fsp3) is 0.727. The zero-order valence-corrected chi connectivity index (χ0v) is 11.7. The molecule has 0 amide bonds. The van der Waals surface area contributed by atoms with Crippen molar-refractivity contribution >= 4 is 17.7 Å². The lowest BCUT2D eigenvalue weighted by atomic mass is 10.4. The molecule has 0 aliphatic heterocycles. The van der Waals surface area contributed by atoms with Gasteiger partial charge in [-0.15, -0.1) is 11.8 Å². The predicted molar refractivity (Wildman–Crippen MR) is 67.1 cm³/mol. The molecule has 0 radical (unpaired) electrons. The minimum Gasteiger partial charge on any atom is -0.465 e. The van der Waals surface area contributed by atoms with Gasteiger partial charge in [-0.25, -0.2) is 0 Å². The first kappa shape index (κ1) is 15.0. The molecular formula is C11H18N2O4S. The zero-order chi connectivity index (χ0) is 13.4. The summed E-state index contributed by atoms with van der Waals surface area (Å²) in [6.45, 7) is 6.55. The fourth-order valence-electron chi connectivity index (χ4n) is 1.24. The second kappa shape index (κ2) is 8.10. The van der Waals surface area contributed by atoms with Crippen LogP contribution in [0.4, 0.5) is 0 Å². The van der Waals surface area contributed by atoms with Crippen molar-refractivity contribution < 1.29 is 18.8 Å². The Balaban J connectivity index is 2.33. The van der Waals surface area contributed by atoms with Gasteiger partial charge >= 0.3 is 5.97 Å². The van der Waals surface area contributed by atoms with Crippen molar-refractivity contribution in [1.82, 2.24) is 10.1 Å². The summed E-state index contributed by atoms with van der Waals surface area (Å²) in [5.41, 5.74) is 0. The third kappa shape index (κ3) is 5.05. The first-order chi connectivity index (χ1) is 8.67. The third-order valence-corrected chi connectivity index (χ3v) is 2.91. The van der Waals surface area contributed by atoms with Crippen LogP contribution in [0.3, 0.4) is 0 Å². The van der Waals surface area contributed by atoms with Crippen LogP contribution in [0.25, 0.3) is 0 Å². The molecule has 0 aromatic carbocycles. The number of hydrogen-bond acceptors (Lipinski definition) is 7. The lowest BCUT2D eigenvalue weighted by Crippen LogP contribution is -2.06. The standard InChI is InChI=1S/C11H18N2O4S/c1-4-15-8(3)11-12-9(17-13-11)6-18-7-10(14)16-5-2/h8H,4-7H2,1-3H3. The Kier molecular flexibility index (Phi) is 6.74. The molecule has 102 valence electrons. The molecule has 0 aliphatic rings. The van der Waals surface area contributed by atoms with Gasteiger partial charge in [0.25, 0.3) is 0 Å². The van der Waals surface area contributed by atoms with Crippen molar-refractivity contribution in [1.29, 1.82) is 0 Å². The van der Waals surface area contributed by atoms with Gasteiger partial charge in [0.2, 0.25) is 5.89 Å². The van der Waals surface area contributed by atoms with Gasteiger partial charge < -0.3 is 14.0 Å². The van der Waals surface area contributed by atoms with Crippen molar-refractivity contribution in [2.24, 2.45) is 0 Å². The highest BCUT2D eigenvalue weighted by Crippen LogP contribution is 2.16. The largest absolute Gasteiger partial charge is 0.465 e. The van der Waals surface area contributed by atoms with E-state index in [0.29, 0.717) is 30.7 Å². The summed E-state index contributed by atoms with van der Waals surface area (Å²) in [7, 11) is 0. The lowest BCUT2D eigenvalue weighted by molar-refractivity contribution is -0.139. The van der Waals surface area contributed by atoms with Crippen LogP contribution >= 0.6 is 11.8 Å². The van der Waals surface area contributed by atoms with Crippen molar-refractivity contribution in [3.63, 3.8) is 0 Å². The molecule has 0 aliphatic carbocycles. The maximum atomic E-state index is 11.1. The topological polar surface area (TPSA) is 74.5 Å². The van der Waals surface area contributed by atoms with E-state index < -0.39 is 0 Å². The van der Waals surface area contributed by atoms with Crippen LogP contribution in [0.1, 0.15) is 38.6 Å². The van der Waals surface area contributed by atoms with Crippen LogP contribution in [0, 0.1) is 0 Å². The summed E-state index contributed by atoms with van der Waals surface area (Å²) in [5, 5.41) is 3.83. The molecule has 0 saturated carbocycles. The Morgan fingerprint density at radius 2 is 2.22 bits per heavy atom. The summed E-state index contributed by atoms with van der Waals surface area (Å²) in [6, 6.07) is 0. The van der Waals surface area contributed by atoms with Gasteiger partial charge in [0, 0.05) is 6.61 Å². The van der Waals surface area contributed by atoms with E-state index in [2.05, 4.69) is 10.1 Å². The maximum Gasteiger partial charge on any atom is 0.315 e. The molecule has 1 aromatic heterocycles. The lowest BCUT2D eigenvalue weighted by Gasteiger charge is -2.04. The number of carbonyl (C=O) groups excluding carboxylic acids is 1. The highest BCUT2D eigenvalue weighted by molar-refractivity contribution is 7.99. The Bertz CT molecular complexity index is 370. The molecular weight excluding hydrogens is 256 g/mol. The molecule has 0 N–H and O–H groups in total. The number of hydrogen-bond donors (Lipinski definition) is 0. The molecule has 1 rings (SSSR count). The van der Waals surface area contributed by atoms with E-state index in [-0.39, 0.29) is 17.8 Å². The molecule has 0 fully saturated rings. The highest BCUT2D eigenvalue weighted by atomic mass is 32.2. The van der Waals surface area contributed by atoms with E-state index in [1.165, 1.54) is 11.8 Å². The molecule has 0 saturated heterocycles. The van der Waals surface area contributed by atoms with Crippen LogP contribution in [0.5, 0.6) is 0 Å². The van der Waals surface area contributed by atoms with Crippen molar-refractivity contribution in [3.05, 3.63) is 11.7 Å². The van der Waals surface area contributed by atoms with Crippen LogP contribution in [0.15, 0.2) is 4.52 Å². The van der Waals surface area contributed by atoms with E-state index in [1.54, 1.807) is 6.92 Å². The number of thioether (sulfide) groups is 1. The van der Waals surface area contributed by atoms with Crippen LogP contribution in [-0.2, 0) is 20.0 Å². The number of carbonyl (C=O) groups is 1. The van der Waals surface area contributed by atoms with Gasteiger partial charge in [0.15, 0.2) is 5.82 Å². The summed E-state index contributed by atoms with van der Waals surface area (Å²) >= 11 is 1.38. The average molecular weight is 274 g/mol. The number of aromatic nitrogens is 2. The second-order valence-electron chi connectivity index (χ2n) is 3.44. The Morgan fingerprint density at radius 3 is 2.89 bits per heavy atom. The Hall–Kier alpha value is -1.08. The minimum absolute atomic E-state index is 0.178. The molecule has 7 heteroatoms. The molecule has 1 atom stereocenters. The van der Waals surface area contributed by atoms with Crippen LogP contribution in [0.2, 0.25) is 0 Å². The Labute approximate surface area is 110 Å². The third-order valence-electron chi connectivity index (χ3n) is 2.01. The molecule has 6 nitrogen and oxygen atoms in total. The van der Waals surface area contributed by atoms with Crippen LogP contribution in [-0.4, -0.2) is 35.1 Å². The summed E-state index contributed by atoms with van der Waals surface area (Å²) < 4.78 is 15.2. The van der Waals surface area contributed by atoms with E-state index in [1.807, 2.05) is 13.8 Å². The SMILES string of the molecule is CCOC(=O)CSCc1nc(C(C)OCC)no1. The maximum absolute atomic E-state index is 11.1. The number of nitrogens with zero attached hydrogens (tertiary/aromatic N) is 2. The quantitative estimate of drug-likeness (QED) is 0.671. The molecule has 0 spiro atoms. The first-order valence-electron chi connectivity index (χ1n) is 5.84. The van der Waals surface area contributed by atoms with Gasteiger partial charge in [0.05, 0.1) is 18.1 Å². The summed E-state index contributed by atoms with van der Waals surface area (Å²) in [4.78, 5) is 15.3. The smallest absolute Gasteiger partial charge is 0.315 e. The van der Waals surface area contributed by atoms with E-state index >= 15 is 0 Å². The number of ether oxygens (including phenoxy) is 2. The zero-order valence-electron chi connectivity index (χ0n) is 10.8. The van der Waals surface area contributed by atoms with E-state index in [0.717, 1.165) is 0 Å².